The number of benzene rings is 3. The van der Waals surface area contributed by atoms with E-state index in [1.165, 1.54) is 0 Å². The fourth-order valence-corrected chi connectivity index (χ4v) is 13.6. The van der Waals surface area contributed by atoms with Gasteiger partial charge >= 0.3 is 17.4 Å². The van der Waals surface area contributed by atoms with Crippen molar-refractivity contribution in [1.29, 1.82) is 0 Å². The molecule has 0 N–H and O–H groups in total. The maximum Gasteiger partial charge on any atom is 3.00 e. The van der Waals surface area contributed by atoms with E-state index in [-0.39, 0.29) is 34.7 Å². The third-order valence-electron chi connectivity index (χ3n) is 9.11. The van der Waals surface area contributed by atoms with Gasteiger partial charge in [0.1, 0.15) is 0 Å². The Balaban J connectivity index is 0.00000576. The van der Waals surface area contributed by atoms with Crippen LogP contribution in [0.5, 0.6) is 0 Å². The van der Waals surface area contributed by atoms with Gasteiger partial charge in [0, 0.05) is 34.4 Å². The minimum Gasteiger partial charge on any atom is -0.651 e. The molecule has 0 aliphatic heterocycles. The van der Waals surface area contributed by atoms with Crippen molar-refractivity contribution in [1.82, 2.24) is 0 Å². The number of para-hydroxylation sites is 6. The zero-order valence-electron chi connectivity index (χ0n) is 31.6. The molecule has 1 radical (unpaired) electrons. The molecule has 0 aromatic heterocycles. The standard InChI is InChI=1S/C39H60N4P3.2Cr/c1-28(2)44(29(3)4)25-40-34-19-13-16-22-37(34)43(38-23-17-14-20-35(38)41-26-45(30(5)6)31(7)8)39-24-18-15-21-36(39)42-27-46(32(9)10)33(11)12;;/h13-24,28-33H,25-27H2,1-12H3;;/q-3;;+3/p+3. The molecule has 0 atom stereocenters. The van der Waals surface area contributed by atoms with E-state index in [1.807, 2.05) is 0 Å². The van der Waals surface area contributed by atoms with Crippen LogP contribution >= 0.6 is 23.8 Å². The van der Waals surface area contributed by atoms with Gasteiger partial charge in [0.2, 0.25) is 0 Å². The molecule has 0 amide bonds. The first-order chi connectivity index (χ1) is 21.8. The van der Waals surface area contributed by atoms with Gasteiger partial charge in [0.15, 0.2) is 0 Å². The van der Waals surface area contributed by atoms with E-state index in [9.17, 15) is 0 Å². The van der Waals surface area contributed by atoms with E-state index in [1.54, 1.807) is 0 Å². The average Bonchev–Trinajstić information content (AvgIpc) is 2.98. The summed E-state index contributed by atoms with van der Waals surface area (Å²) in [5, 5.41) is 16.1. The minimum atomic E-state index is -0.646. The molecule has 0 saturated heterocycles. The van der Waals surface area contributed by atoms with Crippen molar-refractivity contribution in [3.05, 3.63) is 88.7 Å². The van der Waals surface area contributed by atoms with Crippen LogP contribution in [0.3, 0.4) is 0 Å². The summed E-state index contributed by atoms with van der Waals surface area (Å²) in [7, 11) is -1.94. The van der Waals surface area contributed by atoms with E-state index in [4.69, 9.17) is 16.0 Å². The van der Waals surface area contributed by atoms with Crippen LogP contribution < -0.4 is 4.90 Å². The van der Waals surface area contributed by atoms with Gasteiger partial charge in [0.05, 0.1) is 34.0 Å². The fourth-order valence-electron chi connectivity index (χ4n) is 6.37. The molecule has 3 rings (SSSR count). The first-order valence-electron chi connectivity index (χ1n) is 17.5. The van der Waals surface area contributed by atoms with E-state index < -0.39 is 23.8 Å². The molecule has 263 valence electrons. The van der Waals surface area contributed by atoms with Gasteiger partial charge in [0.25, 0.3) is 0 Å². The molecule has 0 unspecified atom stereocenters. The number of hydrogen-bond donors (Lipinski definition) is 0. The molecule has 0 aliphatic carbocycles. The normalized spacial score (nSPS) is 11.7. The predicted octanol–water partition coefficient (Wildman–Crippen LogP) is 14.1. The van der Waals surface area contributed by atoms with Gasteiger partial charge in [-0.05, 0) is 144 Å². The number of nitrogens with zero attached hydrogens (tertiary/aromatic N) is 4. The Morgan fingerprint density at radius 1 is 0.417 bits per heavy atom. The molecule has 48 heavy (non-hydrogen) atoms. The summed E-state index contributed by atoms with van der Waals surface area (Å²) in [5.41, 5.74) is 10.4. The van der Waals surface area contributed by atoms with E-state index in [2.05, 4.69) is 161 Å². The first-order valence-corrected chi connectivity index (χ1v) is 23.1. The number of hydrogen-bond acceptors (Lipinski definition) is 1. The molecule has 0 spiro atoms. The molecule has 0 fully saturated rings. The molecule has 9 heteroatoms. The molecular weight excluding hydrogens is 721 g/mol. The summed E-state index contributed by atoms with van der Waals surface area (Å²) >= 11 is 0. The molecule has 3 aromatic rings. The van der Waals surface area contributed by atoms with Gasteiger partial charge in [-0.15, -0.1) is 17.1 Å². The summed E-state index contributed by atoms with van der Waals surface area (Å²) in [6, 6.07) is 26.1. The van der Waals surface area contributed by atoms with E-state index >= 15 is 0 Å². The Morgan fingerprint density at radius 3 is 0.833 bits per heavy atom. The Kier molecular flexibility index (Phi) is 20.9. The number of rotatable bonds is 18. The smallest absolute Gasteiger partial charge is 0.651 e. The monoisotopic (exact) mass is 784 g/mol. The predicted molar refractivity (Wildman–Crippen MR) is 221 cm³/mol. The first kappa shape index (κ1) is 45.2. The third kappa shape index (κ3) is 12.8. The molecule has 3 aromatic carbocycles. The van der Waals surface area contributed by atoms with Crippen LogP contribution in [0.15, 0.2) is 72.8 Å². The molecule has 0 bridgehead atoms. The maximum absolute atomic E-state index is 5.37. The van der Waals surface area contributed by atoms with Crippen molar-refractivity contribution in [3.8, 4) is 0 Å². The van der Waals surface area contributed by atoms with Crippen molar-refractivity contribution in [2.24, 2.45) is 0 Å². The zero-order valence-corrected chi connectivity index (χ0v) is 37.2. The molecular formula is C39H63Cr2N4P3+3. The summed E-state index contributed by atoms with van der Waals surface area (Å²) in [6.45, 7) is 28.4. The largest absolute Gasteiger partial charge is 3.00 e. The van der Waals surface area contributed by atoms with Gasteiger partial charge in [-0.25, -0.2) is 0 Å². The van der Waals surface area contributed by atoms with Crippen molar-refractivity contribution in [2.75, 3.05) is 23.8 Å². The second-order valence-corrected chi connectivity index (χ2v) is 25.7. The SMILES string of the molecule is CC(C)[PH+](C[N-]c1ccccc1N(c1ccccc1[N-]C[PH+](C(C)C)C(C)C)c1ccccc1[N-]C[PH+](C(C)C)C(C)C)C(C)C.[Cr+3].[Cr]. The minimum absolute atomic E-state index is 0. The fraction of sp³-hybridized carbons (Fsp3) is 0.538. The van der Waals surface area contributed by atoms with Crippen LogP contribution in [0, 0.1) is 0 Å². The summed E-state index contributed by atoms with van der Waals surface area (Å²) < 4.78 is 0. The van der Waals surface area contributed by atoms with Crippen LogP contribution in [-0.4, -0.2) is 52.8 Å². The van der Waals surface area contributed by atoms with Crippen LogP contribution in [0.25, 0.3) is 16.0 Å². The number of anilines is 3. The molecule has 0 heterocycles. The van der Waals surface area contributed by atoms with Crippen LogP contribution in [-0.2, 0) is 34.7 Å². The maximum atomic E-state index is 5.37. The Labute approximate surface area is 320 Å². The quantitative estimate of drug-likeness (QED) is 0.119. The van der Waals surface area contributed by atoms with Gasteiger partial charge in [-0.3, -0.25) is 0 Å². The van der Waals surface area contributed by atoms with Crippen LogP contribution in [0.1, 0.15) is 83.1 Å². The molecule has 4 nitrogen and oxygen atoms in total. The van der Waals surface area contributed by atoms with E-state index in [0.717, 1.165) is 53.0 Å². The summed E-state index contributed by atoms with van der Waals surface area (Å²) in [5.74, 6) is 0. The van der Waals surface area contributed by atoms with Crippen molar-refractivity contribution in [2.45, 2.75) is 117 Å². The van der Waals surface area contributed by atoms with Crippen LogP contribution in [0.4, 0.5) is 34.1 Å². The van der Waals surface area contributed by atoms with Gasteiger partial charge in [-0.1, -0.05) is 54.6 Å². The Bertz CT molecular complexity index is 1150. The molecule has 0 saturated carbocycles. The average molecular weight is 785 g/mol. The van der Waals surface area contributed by atoms with Gasteiger partial charge < -0.3 is 20.9 Å². The van der Waals surface area contributed by atoms with Crippen molar-refractivity contribution >= 4 is 57.9 Å². The second-order valence-electron chi connectivity index (χ2n) is 14.4. The third-order valence-corrected chi connectivity index (χ3v) is 19.6. The van der Waals surface area contributed by atoms with Crippen LogP contribution in [0.2, 0.25) is 0 Å². The Morgan fingerprint density at radius 2 is 0.625 bits per heavy atom. The summed E-state index contributed by atoms with van der Waals surface area (Å²) in [6.07, 6.45) is 2.73. The van der Waals surface area contributed by atoms with Gasteiger partial charge in [-0.2, -0.15) is 0 Å². The van der Waals surface area contributed by atoms with E-state index in [0.29, 0.717) is 34.0 Å². The van der Waals surface area contributed by atoms with Crippen molar-refractivity contribution < 1.29 is 34.7 Å². The second kappa shape index (κ2) is 22.2. The van der Waals surface area contributed by atoms with Crippen molar-refractivity contribution in [3.63, 3.8) is 0 Å². The Hall–Kier alpha value is -0.785. The summed E-state index contributed by atoms with van der Waals surface area (Å²) in [4.78, 5) is 2.40. The molecule has 0 aliphatic rings. The topological polar surface area (TPSA) is 45.5 Å². The zero-order chi connectivity index (χ0) is 34.0.